The Hall–Kier alpha value is -2.32. The van der Waals surface area contributed by atoms with E-state index in [4.69, 9.17) is 14.2 Å². The summed E-state index contributed by atoms with van der Waals surface area (Å²) in [5.74, 6) is 1.16. The van der Waals surface area contributed by atoms with E-state index in [1.807, 2.05) is 23.1 Å². The summed E-state index contributed by atoms with van der Waals surface area (Å²) in [4.78, 5) is 31.7. The first kappa shape index (κ1) is 19.6. The van der Waals surface area contributed by atoms with Crippen molar-refractivity contribution in [3.05, 3.63) is 18.2 Å². The first-order chi connectivity index (χ1) is 14.7. The van der Waals surface area contributed by atoms with E-state index in [2.05, 4.69) is 4.90 Å². The molecule has 3 fully saturated rings. The molecule has 0 aromatic heterocycles. The minimum Gasteiger partial charge on any atom is -0.486 e. The number of fused-ring (bicyclic) bond motifs is 1. The molecular weight excluding hydrogens is 386 g/mol. The molecule has 0 aliphatic carbocycles. The van der Waals surface area contributed by atoms with Crippen molar-refractivity contribution >= 4 is 17.5 Å². The molecule has 2 atom stereocenters. The highest BCUT2D eigenvalue weighted by atomic mass is 16.6. The van der Waals surface area contributed by atoms with Crippen molar-refractivity contribution in [1.82, 2.24) is 9.80 Å². The Kier molecular flexibility index (Phi) is 5.52. The fraction of sp³-hybridized carbons (Fsp3) is 0.636. The second kappa shape index (κ2) is 8.43. The van der Waals surface area contributed by atoms with Crippen LogP contribution in [0, 0.1) is 5.92 Å². The standard InChI is InChI=1S/C22H29N3O5/c26-21-12-16(14-25(21)17-3-4-19-20(13-17)30-11-10-29-19)22(27)24-7-5-23(6-8-24)15-18-2-1-9-28-18/h3-4,13,16,18H,1-2,5-12,14-15H2/t16-,18-/m1/s1. The number of hydrogen-bond acceptors (Lipinski definition) is 6. The lowest BCUT2D eigenvalue weighted by atomic mass is 10.1. The number of benzene rings is 1. The van der Waals surface area contributed by atoms with E-state index in [0.29, 0.717) is 37.4 Å². The summed E-state index contributed by atoms with van der Waals surface area (Å²) in [6, 6.07) is 5.53. The number of ether oxygens (including phenoxy) is 3. The van der Waals surface area contributed by atoms with Crippen LogP contribution < -0.4 is 14.4 Å². The van der Waals surface area contributed by atoms with Gasteiger partial charge in [-0.15, -0.1) is 0 Å². The number of rotatable bonds is 4. The van der Waals surface area contributed by atoms with Gasteiger partial charge >= 0.3 is 0 Å². The van der Waals surface area contributed by atoms with Crippen molar-refractivity contribution in [2.75, 3.05) is 64.0 Å². The summed E-state index contributed by atoms with van der Waals surface area (Å²) in [6.07, 6.45) is 2.90. The molecule has 30 heavy (non-hydrogen) atoms. The number of hydrogen-bond donors (Lipinski definition) is 0. The van der Waals surface area contributed by atoms with Crippen molar-refractivity contribution < 1.29 is 23.8 Å². The Morgan fingerprint density at radius 3 is 2.60 bits per heavy atom. The van der Waals surface area contributed by atoms with E-state index < -0.39 is 0 Å². The van der Waals surface area contributed by atoms with E-state index in [-0.39, 0.29) is 24.2 Å². The molecule has 162 valence electrons. The monoisotopic (exact) mass is 415 g/mol. The van der Waals surface area contributed by atoms with Gasteiger partial charge in [0.15, 0.2) is 11.5 Å². The molecule has 8 heteroatoms. The summed E-state index contributed by atoms with van der Waals surface area (Å²) in [7, 11) is 0. The molecular formula is C22H29N3O5. The van der Waals surface area contributed by atoms with Gasteiger partial charge in [0.2, 0.25) is 11.8 Å². The highest BCUT2D eigenvalue weighted by molar-refractivity contribution is 6.00. The van der Waals surface area contributed by atoms with Gasteiger partial charge in [-0.2, -0.15) is 0 Å². The minimum absolute atomic E-state index is 0.0120. The number of nitrogens with zero attached hydrogens (tertiary/aromatic N) is 3. The van der Waals surface area contributed by atoms with Gasteiger partial charge < -0.3 is 24.0 Å². The van der Waals surface area contributed by atoms with Crippen LogP contribution in [0.5, 0.6) is 11.5 Å². The molecule has 0 saturated carbocycles. The van der Waals surface area contributed by atoms with Crippen LogP contribution in [0.3, 0.4) is 0 Å². The van der Waals surface area contributed by atoms with Crippen LogP contribution in [-0.2, 0) is 14.3 Å². The molecule has 5 rings (SSSR count). The maximum atomic E-state index is 13.1. The van der Waals surface area contributed by atoms with E-state index in [1.54, 1.807) is 4.90 Å². The lowest BCUT2D eigenvalue weighted by molar-refractivity contribution is -0.137. The molecule has 1 aromatic carbocycles. The second-order valence-corrected chi connectivity index (χ2v) is 8.49. The molecule has 3 saturated heterocycles. The van der Waals surface area contributed by atoms with Crippen molar-refractivity contribution in [3.8, 4) is 11.5 Å². The average molecular weight is 415 g/mol. The predicted octanol–water partition coefficient (Wildman–Crippen LogP) is 1.13. The van der Waals surface area contributed by atoms with Crippen LogP contribution in [0.1, 0.15) is 19.3 Å². The summed E-state index contributed by atoms with van der Waals surface area (Å²) >= 11 is 0. The van der Waals surface area contributed by atoms with Crippen LogP contribution in [0.4, 0.5) is 5.69 Å². The van der Waals surface area contributed by atoms with Crippen molar-refractivity contribution in [3.63, 3.8) is 0 Å². The molecule has 0 N–H and O–H groups in total. The summed E-state index contributed by atoms with van der Waals surface area (Å²) in [5.41, 5.74) is 0.765. The number of carbonyl (C=O) groups is 2. The lowest BCUT2D eigenvalue weighted by Gasteiger charge is -2.36. The van der Waals surface area contributed by atoms with Crippen LogP contribution in [-0.4, -0.2) is 86.8 Å². The zero-order chi connectivity index (χ0) is 20.5. The maximum Gasteiger partial charge on any atom is 0.228 e. The Morgan fingerprint density at radius 2 is 1.83 bits per heavy atom. The molecule has 1 aromatic rings. The SMILES string of the molecule is O=C([C@@H]1CC(=O)N(c2ccc3c(c2)OCCO3)C1)N1CCN(C[C@H]2CCCO2)CC1. The largest absolute Gasteiger partial charge is 0.486 e. The van der Waals surface area contributed by atoms with E-state index in [9.17, 15) is 9.59 Å². The summed E-state index contributed by atoms with van der Waals surface area (Å²) in [6.45, 7) is 6.49. The quantitative estimate of drug-likeness (QED) is 0.734. The van der Waals surface area contributed by atoms with E-state index in [0.717, 1.165) is 57.9 Å². The minimum atomic E-state index is -0.282. The molecule has 0 bridgehead atoms. The van der Waals surface area contributed by atoms with Gasteiger partial charge in [-0.25, -0.2) is 0 Å². The predicted molar refractivity (Wildman–Crippen MR) is 110 cm³/mol. The number of amides is 2. The summed E-state index contributed by atoms with van der Waals surface area (Å²) < 4.78 is 16.9. The van der Waals surface area contributed by atoms with Crippen LogP contribution >= 0.6 is 0 Å². The molecule has 2 amide bonds. The number of piperazine rings is 1. The topological polar surface area (TPSA) is 71.6 Å². The molecule has 4 aliphatic heterocycles. The third-order valence-corrected chi connectivity index (χ3v) is 6.48. The maximum absolute atomic E-state index is 13.1. The fourth-order valence-corrected chi connectivity index (χ4v) is 4.81. The Balaban J connectivity index is 1.17. The van der Waals surface area contributed by atoms with Gasteiger partial charge in [-0.3, -0.25) is 14.5 Å². The third-order valence-electron chi connectivity index (χ3n) is 6.48. The first-order valence-corrected chi connectivity index (χ1v) is 11.0. The second-order valence-electron chi connectivity index (χ2n) is 8.49. The van der Waals surface area contributed by atoms with Crippen molar-refractivity contribution in [2.45, 2.75) is 25.4 Å². The number of carbonyl (C=O) groups excluding carboxylic acids is 2. The highest BCUT2D eigenvalue weighted by Gasteiger charge is 2.38. The first-order valence-electron chi connectivity index (χ1n) is 11.0. The Bertz CT molecular complexity index is 802. The zero-order valence-electron chi connectivity index (χ0n) is 17.3. The Labute approximate surface area is 176 Å². The molecule has 8 nitrogen and oxygen atoms in total. The average Bonchev–Trinajstić information content (AvgIpc) is 3.43. The zero-order valence-corrected chi connectivity index (χ0v) is 17.3. The fourth-order valence-electron chi connectivity index (χ4n) is 4.81. The van der Waals surface area contributed by atoms with Gasteiger partial charge in [0, 0.05) is 64.0 Å². The van der Waals surface area contributed by atoms with E-state index >= 15 is 0 Å². The highest BCUT2D eigenvalue weighted by Crippen LogP contribution is 2.36. The van der Waals surface area contributed by atoms with Gasteiger partial charge in [-0.1, -0.05) is 0 Å². The Morgan fingerprint density at radius 1 is 1.03 bits per heavy atom. The van der Waals surface area contributed by atoms with Gasteiger partial charge in [0.05, 0.1) is 12.0 Å². The van der Waals surface area contributed by atoms with Crippen molar-refractivity contribution in [2.24, 2.45) is 5.92 Å². The van der Waals surface area contributed by atoms with Gasteiger partial charge in [0.25, 0.3) is 0 Å². The van der Waals surface area contributed by atoms with Gasteiger partial charge in [0.1, 0.15) is 13.2 Å². The summed E-state index contributed by atoms with van der Waals surface area (Å²) in [5, 5.41) is 0. The molecule has 0 spiro atoms. The van der Waals surface area contributed by atoms with Crippen LogP contribution in [0.25, 0.3) is 0 Å². The molecule has 0 unspecified atom stereocenters. The van der Waals surface area contributed by atoms with Crippen LogP contribution in [0.15, 0.2) is 18.2 Å². The van der Waals surface area contributed by atoms with E-state index in [1.165, 1.54) is 0 Å². The molecule has 4 heterocycles. The lowest BCUT2D eigenvalue weighted by Crippen LogP contribution is -2.52. The van der Waals surface area contributed by atoms with Crippen molar-refractivity contribution in [1.29, 1.82) is 0 Å². The normalized spacial score (nSPS) is 27.0. The van der Waals surface area contributed by atoms with Crippen LogP contribution in [0.2, 0.25) is 0 Å². The molecule has 4 aliphatic rings. The number of anilines is 1. The van der Waals surface area contributed by atoms with Gasteiger partial charge in [-0.05, 0) is 25.0 Å². The smallest absolute Gasteiger partial charge is 0.228 e. The molecule has 0 radical (unpaired) electrons. The third kappa shape index (κ3) is 3.98.